The first kappa shape index (κ1) is 62.6. The lowest BCUT2D eigenvalue weighted by Crippen LogP contribution is -2.21. The number of rotatable bonds is 10. The van der Waals surface area contributed by atoms with Crippen LogP contribution in [0.3, 0.4) is 0 Å². The second kappa shape index (κ2) is 23.1. The van der Waals surface area contributed by atoms with Gasteiger partial charge in [0.2, 0.25) is 0 Å². The highest BCUT2D eigenvalue weighted by atomic mass is 16.5. The third-order valence-electron chi connectivity index (χ3n) is 22.1. The van der Waals surface area contributed by atoms with Gasteiger partial charge in [-0.15, -0.1) is 0 Å². The molecule has 508 valence electrons. The fourth-order valence-corrected chi connectivity index (χ4v) is 18.5. The molecule has 18 nitrogen and oxygen atoms in total. The standard InChI is InChI=1S/C84H64O18/c85-44-13-1-36(2-14-44)64-54-30-52(93)33-59(98)72(54)81(77-61(100)34-60(99)75-69(42-25-50(91)29-51(92)26-42)65(79(64)82(75)77)37-3-15-45(86)16-4-37)68(40-9-21-48(89)22-10-40)74-56(95)27-43(28-57(74)96)70-66(38-5-17-46(87)18-6-38)80-67(39-7-19-47(88)20-8-39)71-55(31-53(94)32-58(71)97)73-78-63(35-62(101)76(70)83(78)80)102-84(73)41-11-23-49(90)24-12-41/h1-35,64-70,73,79-81,84-101H/t64-,65-,66-,67-,68-,69+,70-,73-,79-,80+,81-,84-/m1/s1. The van der Waals surface area contributed by atoms with Gasteiger partial charge in [0, 0.05) is 128 Å². The Labute approximate surface area is 581 Å². The molecule has 0 saturated heterocycles. The van der Waals surface area contributed by atoms with E-state index in [1.54, 1.807) is 78.9 Å². The van der Waals surface area contributed by atoms with Crippen LogP contribution in [0.1, 0.15) is 177 Å². The Hall–Kier alpha value is -13.0. The highest BCUT2D eigenvalue weighted by Gasteiger charge is 2.58. The molecule has 0 aromatic heterocycles. The molecule has 12 aromatic rings. The van der Waals surface area contributed by atoms with Crippen molar-refractivity contribution in [3.05, 3.63) is 318 Å². The predicted molar refractivity (Wildman–Crippen MR) is 373 cm³/mol. The van der Waals surface area contributed by atoms with Gasteiger partial charge in [0.25, 0.3) is 0 Å². The van der Waals surface area contributed by atoms with E-state index in [9.17, 15) is 86.8 Å². The Morgan fingerprint density at radius 2 is 0.588 bits per heavy atom. The van der Waals surface area contributed by atoms with Gasteiger partial charge < -0.3 is 91.5 Å². The van der Waals surface area contributed by atoms with E-state index in [1.807, 2.05) is 0 Å². The fourth-order valence-electron chi connectivity index (χ4n) is 18.5. The van der Waals surface area contributed by atoms with Crippen molar-refractivity contribution in [2.45, 2.75) is 71.2 Å². The molecule has 0 saturated carbocycles. The molecular formula is C84H64O18. The number of phenols is 17. The van der Waals surface area contributed by atoms with Crippen LogP contribution in [-0.2, 0) is 0 Å². The smallest absolute Gasteiger partial charge is 0.135 e. The highest BCUT2D eigenvalue weighted by molar-refractivity contribution is 5.76. The van der Waals surface area contributed by atoms with E-state index in [0.29, 0.717) is 61.2 Å². The van der Waals surface area contributed by atoms with Crippen LogP contribution < -0.4 is 4.74 Å². The molecule has 17 rings (SSSR count). The normalized spacial score (nSPS) is 21.9. The quantitative estimate of drug-likeness (QED) is 0.0605. The third kappa shape index (κ3) is 9.60. The van der Waals surface area contributed by atoms with E-state index in [0.717, 1.165) is 18.2 Å². The topological polar surface area (TPSA) is 353 Å². The molecule has 1 aliphatic heterocycles. The first-order chi connectivity index (χ1) is 49.1. The van der Waals surface area contributed by atoms with Crippen LogP contribution in [0.25, 0.3) is 0 Å². The third-order valence-corrected chi connectivity index (χ3v) is 22.1. The van der Waals surface area contributed by atoms with Crippen molar-refractivity contribution in [2.75, 3.05) is 0 Å². The van der Waals surface area contributed by atoms with Crippen LogP contribution >= 0.6 is 0 Å². The summed E-state index contributed by atoms with van der Waals surface area (Å²) >= 11 is 0. The lowest BCUT2D eigenvalue weighted by molar-refractivity contribution is 0.221. The van der Waals surface area contributed by atoms with Crippen molar-refractivity contribution in [1.29, 1.82) is 0 Å². The van der Waals surface area contributed by atoms with Crippen LogP contribution in [0.5, 0.6) is 103 Å². The number of fused-ring (bicyclic) bond motifs is 3. The fraction of sp³-hybridized carbons (Fsp3) is 0.143. The van der Waals surface area contributed by atoms with Gasteiger partial charge in [-0.2, -0.15) is 0 Å². The zero-order valence-electron chi connectivity index (χ0n) is 53.6. The van der Waals surface area contributed by atoms with Crippen LogP contribution in [0.15, 0.2) is 212 Å². The maximum atomic E-state index is 13.7. The maximum Gasteiger partial charge on any atom is 0.135 e. The average Bonchev–Trinajstić information content (AvgIpc) is 1.52. The number of hydrogen-bond acceptors (Lipinski definition) is 18. The van der Waals surface area contributed by atoms with Crippen molar-refractivity contribution in [3.63, 3.8) is 0 Å². The number of benzene rings is 12. The molecule has 5 aliphatic rings. The van der Waals surface area contributed by atoms with Gasteiger partial charge in [-0.1, -0.05) is 72.8 Å². The number of hydrogen-bond donors (Lipinski definition) is 17. The molecule has 0 spiro atoms. The van der Waals surface area contributed by atoms with Gasteiger partial charge in [-0.05, 0) is 176 Å². The zero-order valence-corrected chi connectivity index (χ0v) is 53.6. The Morgan fingerprint density at radius 3 is 1.09 bits per heavy atom. The summed E-state index contributed by atoms with van der Waals surface area (Å²) in [5.41, 5.74) is 6.60. The van der Waals surface area contributed by atoms with Gasteiger partial charge in [0.05, 0.1) is 5.92 Å². The largest absolute Gasteiger partial charge is 0.508 e. The van der Waals surface area contributed by atoms with E-state index < -0.39 is 106 Å². The van der Waals surface area contributed by atoms with Crippen molar-refractivity contribution in [2.24, 2.45) is 0 Å². The SMILES string of the molecule is Oc1ccc([C@H](c2c(O)cc([C@H]3c4c(O)cc5c6c4[C@H]([C@H](c4ccc(O)cc4)c4c(O)cc(O)cc4[C@H]6[C@@H](c4ccc(O)cc4)O5)[C@@H]3c3ccc(O)cc3)cc2O)[C@@H]2c3c(O)cc(O)cc3[C@@H](c3ccc(O)cc3)[C@H]3c4c2c(O)cc(O)c4[C@@H](c2cc(O)cc(O)c2)[C@H]3c2ccc(O)cc2)cc1. The van der Waals surface area contributed by atoms with Crippen LogP contribution in [0, 0.1) is 0 Å². The average molecular weight is 1360 g/mol. The van der Waals surface area contributed by atoms with Crippen LogP contribution in [-0.4, -0.2) is 86.8 Å². The van der Waals surface area contributed by atoms with E-state index in [-0.39, 0.29) is 114 Å². The molecule has 1 heterocycles. The Balaban J connectivity index is 0.949. The molecule has 0 fully saturated rings. The van der Waals surface area contributed by atoms with Gasteiger partial charge in [-0.25, -0.2) is 0 Å². The van der Waals surface area contributed by atoms with E-state index >= 15 is 0 Å². The molecule has 18 heteroatoms. The molecule has 0 radical (unpaired) electrons. The highest BCUT2D eigenvalue weighted by Crippen LogP contribution is 2.73. The van der Waals surface area contributed by atoms with Crippen LogP contribution in [0.4, 0.5) is 0 Å². The summed E-state index contributed by atoms with van der Waals surface area (Å²) in [5, 5.41) is 204. The second-order valence-electron chi connectivity index (χ2n) is 27.5. The zero-order chi connectivity index (χ0) is 70.7. The summed E-state index contributed by atoms with van der Waals surface area (Å²) in [5.74, 6) is -16.2. The second-order valence-corrected chi connectivity index (χ2v) is 27.5. The summed E-state index contributed by atoms with van der Waals surface area (Å²) in [7, 11) is 0. The summed E-state index contributed by atoms with van der Waals surface area (Å²) in [4.78, 5) is 0. The van der Waals surface area contributed by atoms with Gasteiger partial charge >= 0.3 is 0 Å². The Kier molecular flexibility index (Phi) is 14.1. The minimum Gasteiger partial charge on any atom is -0.508 e. The first-order valence-electron chi connectivity index (χ1n) is 33.2. The summed E-state index contributed by atoms with van der Waals surface area (Å²) in [6, 6.07) is 52.9. The van der Waals surface area contributed by atoms with E-state index in [2.05, 4.69) is 0 Å². The molecule has 0 unspecified atom stereocenters. The first-order valence-corrected chi connectivity index (χ1v) is 33.2. The van der Waals surface area contributed by atoms with E-state index in [4.69, 9.17) is 4.74 Å². The molecule has 0 amide bonds. The minimum atomic E-state index is -1.49. The van der Waals surface area contributed by atoms with Crippen LogP contribution in [0.2, 0.25) is 0 Å². The minimum absolute atomic E-state index is 0.0158. The summed E-state index contributed by atoms with van der Waals surface area (Å²) < 4.78 is 6.95. The monoisotopic (exact) mass is 1360 g/mol. The molecule has 12 aromatic carbocycles. The molecule has 17 N–H and O–H groups in total. The predicted octanol–water partition coefficient (Wildman–Crippen LogP) is 15.2. The maximum absolute atomic E-state index is 13.7. The van der Waals surface area contributed by atoms with Gasteiger partial charge in [0.1, 0.15) is 110 Å². The summed E-state index contributed by atoms with van der Waals surface area (Å²) in [6.45, 7) is 0. The molecule has 12 atom stereocenters. The molecule has 102 heavy (non-hydrogen) atoms. The lowest BCUT2D eigenvalue weighted by Gasteiger charge is -2.35. The van der Waals surface area contributed by atoms with Gasteiger partial charge in [-0.3, -0.25) is 0 Å². The van der Waals surface area contributed by atoms with Crippen molar-refractivity contribution < 1.29 is 91.5 Å². The molecular weight excluding hydrogens is 1300 g/mol. The number of phenolic OH excluding ortho intramolecular Hbond substituents is 17. The van der Waals surface area contributed by atoms with Crippen molar-refractivity contribution in [1.82, 2.24) is 0 Å². The van der Waals surface area contributed by atoms with Gasteiger partial charge in [0.15, 0.2) is 0 Å². The Morgan fingerprint density at radius 1 is 0.225 bits per heavy atom. The van der Waals surface area contributed by atoms with Crippen molar-refractivity contribution >= 4 is 0 Å². The van der Waals surface area contributed by atoms with Crippen molar-refractivity contribution in [3.8, 4) is 103 Å². The molecule has 4 aliphatic carbocycles. The van der Waals surface area contributed by atoms with E-state index in [1.165, 1.54) is 115 Å². The summed E-state index contributed by atoms with van der Waals surface area (Å²) in [6.07, 6.45) is -0.899. The molecule has 0 bridgehead atoms. The lowest BCUT2D eigenvalue weighted by atomic mass is 9.68. The number of ether oxygens (including phenoxy) is 1. The Bertz CT molecular complexity index is 5360. The number of aromatic hydroxyl groups is 17.